The number of rotatable bonds is 3. The molecule has 1 N–H and O–H groups in total. The van der Waals surface area contributed by atoms with E-state index in [0.29, 0.717) is 12.6 Å². The van der Waals surface area contributed by atoms with Crippen LogP contribution in [0.15, 0.2) is 24.5 Å². The summed E-state index contributed by atoms with van der Waals surface area (Å²) in [5.41, 5.74) is 1.08. The summed E-state index contributed by atoms with van der Waals surface area (Å²) >= 11 is 0. The lowest BCUT2D eigenvalue weighted by molar-refractivity contribution is -0.122. The molecule has 1 aromatic rings. The molecule has 0 saturated carbocycles. The Bertz CT molecular complexity index is 395. The van der Waals surface area contributed by atoms with E-state index in [9.17, 15) is 4.79 Å². The van der Waals surface area contributed by atoms with Crippen LogP contribution in [-0.2, 0) is 11.3 Å². The zero-order valence-corrected chi connectivity index (χ0v) is 9.52. The Labute approximate surface area is 95.3 Å². The molecule has 0 fully saturated rings. The number of aryl methyl sites for hydroxylation is 1. The lowest BCUT2D eigenvalue weighted by Gasteiger charge is -2.19. The number of carbonyl (C=O) groups is 1. The van der Waals surface area contributed by atoms with Crippen LogP contribution in [0.3, 0.4) is 0 Å². The summed E-state index contributed by atoms with van der Waals surface area (Å²) in [6, 6.07) is 0.300. The molecule has 1 heterocycles. The van der Waals surface area contributed by atoms with Crippen molar-refractivity contribution in [3.8, 4) is 0 Å². The summed E-state index contributed by atoms with van der Waals surface area (Å²) in [7, 11) is 0. The number of carbonyl (C=O) groups excluding carboxylic acids is 1. The fourth-order valence-corrected chi connectivity index (χ4v) is 1.90. The topological polar surface area (TPSA) is 46.9 Å². The van der Waals surface area contributed by atoms with Crippen molar-refractivity contribution >= 4 is 5.91 Å². The Balaban J connectivity index is 1.82. The number of hydrogen-bond donors (Lipinski definition) is 1. The standard InChI is InChI=1S/C12H17N3O/c1-10-7-13-15(8-10)9-12(16)14-11-5-3-2-4-6-11/h2-3,7-8,11H,4-6,9H2,1H3,(H,14,16)/t11-/m1/s1. The molecule has 1 amide bonds. The number of allylic oxidation sites excluding steroid dienone is 1. The average molecular weight is 219 g/mol. The van der Waals surface area contributed by atoms with Gasteiger partial charge in [-0.1, -0.05) is 12.2 Å². The van der Waals surface area contributed by atoms with Crippen LogP contribution >= 0.6 is 0 Å². The van der Waals surface area contributed by atoms with Crippen molar-refractivity contribution in [3.63, 3.8) is 0 Å². The Hall–Kier alpha value is -1.58. The van der Waals surface area contributed by atoms with E-state index in [1.165, 1.54) is 0 Å². The first-order valence-corrected chi connectivity index (χ1v) is 5.67. The fraction of sp³-hybridized carbons (Fsp3) is 0.500. The van der Waals surface area contributed by atoms with Gasteiger partial charge >= 0.3 is 0 Å². The lowest BCUT2D eigenvalue weighted by atomic mass is 10.0. The van der Waals surface area contributed by atoms with Gasteiger partial charge in [0, 0.05) is 12.2 Å². The largest absolute Gasteiger partial charge is 0.351 e. The Morgan fingerprint density at radius 1 is 1.62 bits per heavy atom. The molecule has 4 heteroatoms. The zero-order valence-electron chi connectivity index (χ0n) is 9.52. The third-order valence-corrected chi connectivity index (χ3v) is 2.70. The van der Waals surface area contributed by atoms with Crippen LogP contribution in [0.4, 0.5) is 0 Å². The molecular formula is C12H17N3O. The summed E-state index contributed by atoms with van der Waals surface area (Å²) in [6.07, 6.45) is 11.0. The Morgan fingerprint density at radius 3 is 3.12 bits per heavy atom. The molecule has 0 aromatic carbocycles. The van der Waals surface area contributed by atoms with Gasteiger partial charge in [0.2, 0.25) is 5.91 Å². The van der Waals surface area contributed by atoms with E-state index in [0.717, 1.165) is 24.8 Å². The lowest BCUT2D eigenvalue weighted by Crippen LogP contribution is -2.37. The SMILES string of the molecule is Cc1cnn(CC(=O)N[C@@H]2CC=CCC2)c1. The first-order valence-electron chi connectivity index (χ1n) is 5.67. The summed E-state index contributed by atoms with van der Waals surface area (Å²) in [5, 5.41) is 7.12. The number of hydrogen-bond acceptors (Lipinski definition) is 2. The third-order valence-electron chi connectivity index (χ3n) is 2.70. The van der Waals surface area contributed by atoms with Crippen molar-refractivity contribution in [2.24, 2.45) is 0 Å². The molecule has 2 rings (SSSR count). The molecule has 16 heavy (non-hydrogen) atoms. The van der Waals surface area contributed by atoms with E-state index >= 15 is 0 Å². The number of aromatic nitrogens is 2. The minimum absolute atomic E-state index is 0.0448. The molecule has 86 valence electrons. The van der Waals surface area contributed by atoms with Crippen LogP contribution < -0.4 is 5.32 Å². The monoisotopic (exact) mass is 219 g/mol. The van der Waals surface area contributed by atoms with Gasteiger partial charge in [0.25, 0.3) is 0 Å². The van der Waals surface area contributed by atoms with Gasteiger partial charge in [0.1, 0.15) is 6.54 Å². The summed E-state index contributed by atoms with van der Waals surface area (Å²) in [6.45, 7) is 2.28. The van der Waals surface area contributed by atoms with Crippen molar-refractivity contribution in [2.45, 2.75) is 38.8 Å². The average Bonchev–Trinajstić information content (AvgIpc) is 2.65. The van der Waals surface area contributed by atoms with Crippen molar-refractivity contribution < 1.29 is 4.79 Å². The van der Waals surface area contributed by atoms with Gasteiger partial charge in [-0.2, -0.15) is 5.10 Å². The number of amides is 1. The Morgan fingerprint density at radius 2 is 2.50 bits per heavy atom. The zero-order chi connectivity index (χ0) is 11.4. The molecule has 0 aliphatic heterocycles. The first-order chi connectivity index (χ1) is 7.74. The highest BCUT2D eigenvalue weighted by molar-refractivity contribution is 5.76. The summed E-state index contributed by atoms with van der Waals surface area (Å²) in [4.78, 5) is 11.7. The quantitative estimate of drug-likeness (QED) is 0.781. The molecule has 1 aliphatic rings. The highest BCUT2D eigenvalue weighted by Gasteiger charge is 2.13. The van der Waals surface area contributed by atoms with Crippen molar-refractivity contribution in [2.75, 3.05) is 0 Å². The van der Waals surface area contributed by atoms with E-state index in [1.54, 1.807) is 10.9 Å². The van der Waals surface area contributed by atoms with Crippen LogP contribution in [0.1, 0.15) is 24.8 Å². The normalized spacial score (nSPS) is 19.7. The van der Waals surface area contributed by atoms with Gasteiger partial charge in [-0.25, -0.2) is 0 Å². The predicted molar refractivity (Wildman–Crippen MR) is 61.9 cm³/mol. The van der Waals surface area contributed by atoms with E-state index in [4.69, 9.17) is 0 Å². The summed E-state index contributed by atoms with van der Waals surface area (Å²) < 4.78 is 1.67. The van der Waals surface area contributed by atoms with E-state index in [2.05, 4.69) is 22.6 Å². The second-order valence-corrected chi connectivity index (χ2v) is 4.26. The van der Waals surface area contributed by atoms with Gasteiger partial charge in [-0.15, -0.1) is 0 Å². The van der Waals surface area contributed by atoms with Crippen LogP contribution in [0, 0.1) is 6.92 Å². The van der Waals surface area contributed by atoms with Gasteiger partial charge in [0.15, 0.2) is 0 Å². The molecule has 0 saturated heterocycles. The molecule has 0 unspecified atom stereocenters. The minimum atomic E-state index is 0.0448. The van der Waals surface area contributed by atoms with Crippen molar-refractivity contribution in [1.29, 1.82) is 0 Å². The van der Waals surface area contributed by atoms with Crippen LogP contribution in [0.5, 0.6) is 0 Å². The first kappa shape index (κ1) is 10.9. The van der Waals surface area contributed by atoms with Crippen LogP contribution in [0.25, 0.3) is 0 Å². The molecule has 1 aliphatic carbocycles. The fourth-order valence-electron chi connectivity index (χ4n) is 1.90. The maximum atomic E-state index is 11.7. The summed E-state index contributed by atoms with van der Waals surface area (Å²) in [5.74, 6) is 0.0448. The molecule has 4 nitrogen and oxygen atoms in total. The Kier molecular flexibility index (Phi) is 3.39. The van der Waals surface area contributed by atoms with Gasteiger partial charge in [-0.05, 0) is 31.7 Å². The number of nitrogens with one attached hydrogen (secondary N) is 1. The van der Waals surface area contributed by atoms with Gasteiger partial charge < -0.3 is 5.32 Å². The van der Waals surface area contributed by atoms with Crippen LogP contribution in [0.2, 0.25) is 0 Å². The molecule has 1 aromatic heterocycles. The van der Waals surface area contributed by atoms with E-state index < -0.39 is 0 Å². The maximum Gasteiger partial charge on any atom is 0.241 e. The molecule has 0 radical (unpaired) electrons. The molecule has 0 bridgehead atoms. The maximum absolute atomic E-state index is 11.7. The second-order valence-electron chi connectivity index (χ2n) is 4.26. The highest BCUT2D eigenvalue weighted by atomic mass is 16.2. The van der Waals surface area contributed by atoms with Gasteiger partial charge in [-0.3, -0.25) is 9.48 Å². The predicted octanol–water partition coefficient (Wildman–Crippen LogP) is 1.42. The van der Waals surface area contributed by atoms with Crippen molar-refractivity contribution in [3.05, 3.63) is 30.1 Å². The molecular weight excluding hydrogens is 202 g/mol. The van der Waals surface area contributed by atoms with Crippen LogP contribution in [-0.4, -0.2) is 21.7 Å². The van der Waals surface area contributed by atoms with E-state index in [-0.39, 0.29) is 5.91 Å². The van der Waals surface area contributed by atoms with Crippen molar-refractivity contribution in [1.82, 2.24) is 15.1 Å². The minimum Gasteiger partial charge on any atom is -0.351 e. The van der Waals surface area contributed by atoms with E-state index in [1.807, 2.05) is 13.1 Å². The number of nitrogens with zero attached hydrogens (tertiary/aromatic N) is 2. The smallest absolute Gasteiger partial charge is 0.241 e. The third kappa shape index (κ3) is 2.95. The van der Waals surface area contributed by atoms with Gasteiger partial charge in [0.05, 0.1) is 6.20 Å². The molecule has 1 atom stereocenters. The second kappa shape index (κ2) is 4.96. The molecule has 0 spiro atoms. The highest BCUT2D eigenvalue weighted by Crippen LogP contribution is 2.10.